The predicted molar refractivity (Wildman–Crippen MR) is 102 cm³/mol. The fourth-order valence-corrected chi connectivity index (χ4v) is 2.46. The summed E-state index contributed by atoms with van der Waals surface area (Å²) in [7, 11) is 6.00. The summed E-state index contributed by atoms with van der Waals surface area (Å²) in [5, 5.41) is 2.63. The van der Waals surface area contributed by atoms with Gasteiger partial charge in [0.05, 0.1) is 34.9 Å². The quantitative estimate of drug-likeness (QED) is 0.659. The summed E-state index contributed by atoms with van der Waals surface area (Å²) in [6.07, 6.45) is 0.0570. The maximum atomic E-state index is 12.1. The molecule has 0 heterocycles. The first-order valence-corrected chi connectivity index (χ1v) is 8.39. The molecule has 2 rings (SSSR count). The summed E-state index contributed by atoms with van der Waals surface area (Å²) in [6.45, 7) is -0.411. The van der Waals surface area contributed by atoms with E-state index in [0.717, 1.165) is 5.56 Å². The molecule has 8 heteroatoms. The van der Waals surface area contributed by atoms with Crippen molar-refractivity contribution in [2.45, 2.75) is 6.42 Å². The maximum absolute atomic E-state index is 12.1. The molecule has 0 bridgehead atoms. The normalized spacial score (nSPS) is 10.0. The second-order valence-electron chi connectivity index (χ2n) is 5.65. The number of nitrogens with one attached hydrogen (secondary N) is 1. The molecule has 0 aliphatic carbocycles. The highest BCUT2D eigenvalue weighted by Gasteiger charge is 2.15. The Morgan fingerprint density at radius 3 is 1.96 bits per heavy atom. The fraction of sp³-hybridized carbons (Fsp3) is 0.300. The van der Waals surface area contributed by atoms with Crippen molar-refractivity contribution in [2.24, 2.45) is 0 Å². The van der Waals surface area contributed by atoms with Crippen molar-refractivity contribution in [3.05, 3.63) is 42.0 Å². The molecule has 0 aliphatic heterocycles. The summed E-state index contributed by atoms with van der Waals surface area (Å²) in [5.74, 6) is 0.903. The number of anilines is 1. The van der Waals surface area contributed by atoms with Gasteiger partial charge in [-0.15, -0.1) is 0 Å². The van der Waals surface area contributed by atoms with Crippen LogP contribution in [0, 0.1) is 0 Å². The number of rotatable bonds is 9. The number of carbonyl (C=O) groups is 2. The van der Waals surface area contributed by atoms with Crippen molar-refractivity contribution < 1.29 is 33.3 Å². The summed E-state index contributed by atoms with van der Waals surface area (Å²) in [5.41, 5.74) is 1.18. The second-order valence-corrected chi connectivity index (χ2v) is 5.65. The van der Waals surface area contributed by atoms with E-state index in [-0.39, 0.29) is 6.42 Å². The van der Waals surface area contributed by atoms with Crippen LogP contribution in [0.25, 0.3) is 0 Å². The molecule has 28 heavy (non-hydrogen) atoms. The lowest BCUT2D eigenvalue weighted by Crippen LogP contribution is -2.21. The number of hydrogen-bond donors (Lipinski definition) is 1. The molecule has 8 nitrogen and oxygen atoms in total. The largest absolute Gasteiger partial charge is 0.497 e. The highest BCUT2D eigenvalue weighted by molar-refractivity contribution is 5.93. The lowest BCUT2D eigenvalue weighted by Gasteiger charge is -2.14. The molecule has 0 atom stereocenters. The molecular formula is C20H23NO7. The predicted octanol–water partition coefficient (Wildman–Crippen LogP) is 2.45. The van der Waals surface area contributed by atoms with Crippen molar-refractivity contribution in [2.75, 3.05) is 40.4 Å². The summed E-state index contributed by atoms with van der Waals surface area (Å²) >= 11 is 0. The van der Waals surface area contributed by atoms with Crippen molar-refractivity contribution >= 4 is 17.6 Å². The van der Waals surface area contributed by atoms with Gasteiger partial charge in [0.2, 0.25) is 5.75 Å². The lowest BCUT2D eigenvalue weighted by molar-refractivity contribution is -0.146. The average molecular weight is 389 g/mol. The van der Waals surface area contributed by atoms with Gasteiger partial charge < -0.3 is 29.0 Å². The highest BCUT2D eigenvalue weighted by atomic mass is 16.5. The molecule has 1 N–H and O–H groups in total. The van der Waals surface area contributed by atoms with E-state index in [1.807, 2.05) is 0 Å². The monoisotopic (exact) mass is 389 g/mol. The van der Waals surface area contributed by atoms with Crippen molar-refractivity contribution in [1.29, 1.82) is 0 Å². The first-order valence-electron chi connectivity index (χ1n) is 8.39. The zero-order valence-electron chi connectivity index (χ0n) is 16.2. The van der Waals surface area contributed by atoms with Crippen LogP contribution in [-0.4, -0.2) is 46.9 Å². The van der Waals surface area contributed by atoms with Gasteiger partial charge in [-0.25, -0.2) is 0 Å². The molecule has 0 aliphatic rings. The van der Waals surface area contributed by atoms with Crippen molar-refractivity contribution in [3.8, 4) is 23.0 Å². The third-order valence-electron chi connectivity index (χ3n) is 3.82. The third kappa shape index (κ3) is 5.54. The molecule has 2 aromatic carbocycles. The minimum absolute atomic E-state index is 0.0570. The van der Waals surface area contributed by atoms with Gasteiger partial charge in [0.25, 0.3) is 5.91 Å². The Bertz CT molecular complexity index is 793. The smallest absolute Gasteiger partial charge is 0.310 e. The number of esters is 1. The molecule has 0 saturated carbocycles. The molecule has 0 saturated heterocycles. The summed E-state index contributed by atoms with van der Waals surface area (Å²) < 4.78 is 25.8. The first kappa shape index (κ1) is 20.9. The van der Waals surface area contributed by atoms with E-state index in [1.54, 1.807) is 43.5 Å². The van der Waals surface area contributed by atoms with Gasteiger partial charge in [-0.3, -0.25) is 9.59 Å². The molecule has 0 unspecified atom stereocenters. The van der Waals surface area contributed by atoms with E-state index in [1.165, 1.54) is 21.3 Å². The molecule has 0 aromatic heterocycles. The molecule has 2 aromatic rings. The van der Waals surface area contributed by atoms with E-state index < -0.39 is 18.5 Å². The van der Waals surface area contributed by atoms with Crippen LogP contribution in [0.3, 0.4) is 0 Å². The van der Waals surface area contributed by atoms with Gasteiger partial charge in [0.15, 0.2) is 18.1 Å². The number of amides is 1. The number of carbonyl (C=O) groups excluding carboxylic acids is 2. The van der Waals surface area contributed by atoms with Gasteiger partial charge in [-0.05, 0) is 17.7 Å². The maximum Gasteiger partial charge on any atom is 0.310 e. The SMILES string of the molecule is COc1ccc(CC(=O)OCC(=O)Nc2cc(OC)c(OC)c(OC)c2)cc1. The van der Waals surface area contributed by atoms with Crippen LogP contribution in [0.2, 0.25) is 0 Å². The Kier molecular flexibility index (Phi) is 7.50. The molecule has 1 amide bonds. The van der Waals surface area contributed by atoms with Crippen molar-refractivity contribution in [1.82, 2.24) is 0 Å². The van der Waals surface area contributed by atoms with Gasteiger partial charge in [0, 0.05) is 17.8 Å². The number of ether oxygens (including phenoxy) is 5. The van der Waals surface area contributed by atoms with Gasteiger partial charge in [-0.1, -0.05) is 12.1 Å². The minimum Gasteiger partial charge on any atom is -0.497 e. The number of hydrogen-bond acceptors (Lipinski definition) is 7. The zero-order chi connectivity index (χ0) is 20.5. The van der Waals surface area contributed by atoms with E-state index in [4.69, 9.17) is 23.7 Å². The molecule has 0 spiro atoms. The zero-order valence-corrected chi connectivity index (χ0v) is 16.2. The van der Waals surface area contributed by atoms with Gasteiger partial charge >= 0.3 is 5.97 Å². The Morgan fingerprint density at radius 1 is 0.857 bits per heavy atom. The molecule has 0 fully saturated rings. The number of benzene rings is 2. The van der Waals surface area contributed by atoms with Crippen LogP contribution in [0.1, 0.15) is 5.56 Å². The molecule has 150 valence electrons. The Hall–Kier alpha value is -3.42. The summed E-state index contributed by atoms with van der Waals surface area (Å²) in [4.78, 5) is 24.0. The van der Waals surface area contributed by atoms with Crippen LogP contribution in [0.5, 0.6) is 23.0 Å². The highest BCUT2D eigenvalue weighted by Crippen LogP contribution is 2.39. The third-order valence-corrected chi connectivity index (χ3v) is 3.82. The van der Waals surface area contributed by atoms with Crippen LogP contribution in [0.4, 0.5) is 5.69 Å². The Balaban J connectivity index is 1.91. The minimum atomic E-state index is -0.509. The second kappa shape index (κ2) is 10.1. The Labute approximate surface area is 163 Å². The molecule has 0 radical (unpaired) electrons. The van der Waals surface area contributed by atoms with E-state index >= 15 is 0 Å². The standard InChI is InChI=1S/C20H23NO7/c1-24-15-7-5-13(6-8-15)9-19(23)28-12-18(22)21-14-10-16(25-2)20(27-4)17(11-14)26-3/h5-8,10-11H,9,12H2,1-4H3,(H,21,22). The summed E-state index contributed by atoms with van der Waals surface area (Å²) in [6, 6.07) is 10.2. The van der Waals surface area contributed by atoms with Gasteiger partial charge in [0.1, 0.15) is 5.75 Å². The van der Waals surface area contributed by atoms with E-state index in [0.29, 0.717) is 28.7 Å². The van der Waals surface area contributed by atoms with Crippen LogP contribution < -0.4 is 24.3 Å². The van der Waals surface area contributed by atoms with Gasteiger partial charge in [-0.2, -0.15) is 0 Å². The Morgan fingerprint density at radius 2 is 1.46 bits per heavy atom. The van der Waals surface area contributed by atoms with E-state index in [9.17, 15) is 9.59 Å². The average Bonchev–Trinajstić information content (AvgIpc) is 2.72. The van der Waals surface area contributed by atoms with Crippen LogP contribution in [-0.2, 0) is 20.7 Å². The topological polar surface area (TPSA) is 92.3 Å². The number of methoxy groups -OCH3 is 4. The fourth-order valence-electron chi connectivity index (χ4n) is 2.46. The first-order chi connectivity index (χ1) is 13.5. The van der Waals surface area contributed by atoms with E-state index in [2.05, 4.69) is 5.32 Å². The lowest BCUT2D eigenvalue weighted by atomic mass is 10.1. The van der Waals surface area contributed by atoms with Crippen LogP contribution >= 0.6 is 0 Å². The van der Waals surface area contributed by atoms with Crippen LogP contribution in [0.15, 0.2) is 36.4 Å². The molecular weight excluding hydrogens is 366 g/mol. The van der Waals surface area contributed by atoms with Crippen molar-refractivity contribution in [3.63, 3.8) is 0 Å².